The minimum Gasteiger partial charge on any atom is -0.490 e. The minimum absolute atomic E-state index is 0.0832. The summed E-state index contributed by atoms with van der Waals surface area (Å²) in [5, 5.41) is 20.4. The molecule has 1 aromatic heterocycles. The first-order chi connectivity index (χ1) is 19.1. The smallest absolute Gasteiger partial charge is 0.127 e. The number of benzene rings is 3. The largest absolute Gasteiger partial charge is 0.490 e. The summed E-state index contributed by atoms with van der Waals surface area (Å²) in [5.74, 6) is 1.25. The lowest BCUT2D eigenvalue weighted by Gasteiger charge is -2.17. The summed E-state index contributed by atoms with van der Waals surface area (Å²) in [5.41, 5.74) is 4.88. The van der Waals surface area contributed by atoms with E-state index in [2.05, 4.69) is 21.9 Å². The van der Waals surface area contributed by atoms with Crippen LogP contribution in [0.25, 0.3) is 33.3 Å². The quantitative estimate of drug-likeness (QED) is 0.150. The maximum absolute atomic E-state index is 10.2. The summed E-state index contributed by atoms with van der Waals surface area (Å²) in [6, 6.07) is 19.2. The first kappa shape index (κ1) is 28.4. The first-order valence-corrected chi connectivity index (χ1v) is 13.3. The van der Waals surface area contributed by atoms with Gasteiger partial charge in [-0.25, -0.2) is 0 Å². The molecular weight excluding hydrogens is 516 g/mol. The van der Waals surface area contributed by atoms with Crippen molar-refractivity contribution in [3.63, 3.8) is 0 Å². The predicted molar refractivity (Wildman–Crippen MR) is 153 cm³/mol. The van der Waals surface area contributed by atoms with Gasteiger partial charge in [0.2, 0.25) is 0 Å². The monoisotopic (exact) mass is 548 g/mol. The molecular formula is C30H32N2O6S. The Labute approximate surface area is 232 Å². The molecule has 0 amide bonds. The Kier molecular flexibility index (Phi) is 10.6. The molecule has 39 heavy (non-hydrogen) atoms. The molecule has 8 nitrogen and oxygen atoms in total. The highest BCUT2D eigenvalue weighted by Gasteiger charge is 2.19. The fraction of sp³-hybridized carbons (Fsp3) is 0.267. The van der Waals surface area contributed by atoms with E-state index in [4.69, 9.17) is 18.9 Å². The standard InChI is InChI=1S/C30H32N2O6S/c1-3-15-35-17-21(33)19-37-27-11-7-5-9-23(27)25-13-14-26(30-29(25)31-39-32-30)24-10-6-8-12-28(24)38-20-22(34)18-36-16-4-2/h3-14,21-22,33-34H,1-2,15-20H2. The zero-order chi connectivity index (χ0) is 27.5. The van der Waals surface area contributed by atoms with E-state index in [0.717, 1.165) is 45.0 Å². The normalized spacial score (nSPS) is 12.7. The van der Waals surface area contributed by atoms with Crippen molar-refractivity contribution in [1.82, 2.24) is 8.75 Å². The van der Waals surface area contributed by atoms with E-state index in [-0.39, 0.29) is 26.4 Å². The highest BCUT2D eigenvalue weighted by Crippen LogP contribution is 2.40. The third-order valence-electron chi connectivity index (χ3n) is 5.72. The topological polar surface area (TPSA) is 103 Å². The van der Waals surface area contributed by atoms with Gasteiger partial charge in [-0.2, -0.15) is 8.75 Å². The Morgan fingerprint density at radius 1 is 0.641 bits per heavy atom. The summed E-state index contributed by atoms with van der Waals surface area (Å²) < 4.78 is 31.8. The van der Waals surface area contributed by atoms with Gasteiger partial charge in [-0.05, 0) is 12.1 Å². The lowest BCUT2D eigenvalue weighted by Crippen LogP contribution is -2.23. The number of aliphatic hydroxyl groups is 2. The van der Waals surface area contributed by atoms with Gasteiger partial charge in [0.15, 0.2) is 0 Å². The van der Waals surface area contributed by atoms with Crippen molar-refractivity contribution in [2.24, 2.45) is 0 Å². The molecule has 4 aromatic rings. The molecule has 2 unspecified atom stereocenters. The van der Waals surface area contributed by atoms with Gasteiger partial charge in [-0.1, -0.05) is 60.7 Å². The predicted octanol–water partition coefficient (Wildman–Crippen LogP) is 4.91. The van der Waals surface area contributed by atoms with Crippen LogP contribution >= 0.6 is 11.7 Å². The number of rotatable bonds is 16. The lowest BCUT2D eigenvalue weighted by molar-refractivity contribution is 0.0215. The summed E-state index contributed by atoms with van der Waals surface area (Å²) in [6.45, 7) is 8.42. The van der Waals surface area contributed by atoms with Crippen LogP contribution in [0.5, 0.6) is 11.5 Å². The zero-order valence-corrected chi connectivity index (χ0v) is 22.4. The van der Waals surface area contributed by atoms with E-state index in [0.29, 0.717) is 24.7 Å². The van der Waals surface area contributed by atoms with E-state index in [1.165, 1.54) is 0 Å². The Morgan fingerprint density at radius 2 is 1.08 bits per heavy atom. The summed E-state index contributed by atoms with van der Waals surface area (Å²) in [4.78, 5) is 0. The second-order valence-electron chi connectivity index (χ2n) is 8.70. The van der Waals surface area contributed by atoms with Crippen LogP contribution in [-0.4, -0.2) is 70.8 Å². The van der Waals surface area contributed by atoms with Crippen molar-refractivity contribution in [1.29, 1.82) is 0 Å². The number of hydrogen-bond acceptors (Lipinski definition) is 9. The molecule has 204 valence electrons. The van der Waals surface area contributed by atoms with Crippen molar-refractivity contribution in [3.05, 3.63) is 86.0 Å². The molecule has 0 radical (unpaired) electrons. The zero-order valence-electron chi connectivity index (χ0n) is 21.6. The lowest BCUT2D eigenvalue weighted by atomic mass is 9.97. The van der Waals surface area contributed by atoms with E-state index in [1.807, 2.05) is 60.7 Å². The number of hydrogen-bond donors (Lipinski definition) is 2. The van der Waals surface area contributed by atoms with E-state index < -0.39 is 12.2 Å². The highest BCUT2D eigenvalue weighted by molar-refractivity contribution is 7.00. The van der Waals surface area contributed by atoms with Gasteiger partial charge in [0.1, 0.15) is 48.0 Å². The molecule has 1 heterocycles. The molecule has 4 rings (SSSR count). The van der Waals surface area contributed by atoms with Crippen molar-refractivity contribution >= 4 is 22.8 Å². The number of para-hydroxylation sites is 2. The second kappa shape index (κ2) is 14.5. The first-order valence-electron chi connectivity index (χ1n) is 12.6. The van der Waals surface area contributed by atoms with Crippen LogP contribution < -0.4 is 9.47 Å². The van der Waals surface area contributed by atoms with Crippen LogP contribution in [0, 0.1) is 0 Å². The SMILES string of the molecule is C=CCOCC(O)COc1ccccc1-c1ccc(-c2ccccc2OCC(O)COCC=C)c2nsnc12. The van der Waals surface area contributed by atoms with Crippen molar-refractivity contribution in [2.75, 3.05) is 39.6 Å². The van der Waals surface area contributed by atoms with Crippen LogP contribution in [0.1, 0.15) is 0 Å². The molecule has 0 aliphatic carbocycles. The molecule has 0 fully saturated rings. The summed E-state index contributed by atoms with van der Waals surface area (Å²) >= 11 is 1.13. The van der Waals surface area contributed by atoms with Gasteiger partial charge in [0, 0.05) is 22.3 Å². The molecule has 0 saturated carbocycles. The molecule has 0 aliphatic heterocycles. The van der Waals surface area contributed by atoms with E-state index in [9.17, 15) is 10.2 Å². The van der Waals surface area contributed by atoms with Crippen molar-refractivity contribution < 1.29 is 29.2 Å². The number of fused-ring (bicyclic) bond motifs is 1. The summed E-state index contributed by atoms with van der Waals surface area (Å²) in [6.07, 6.45) is 1.72. The highest BCUT2D eigenvalue weighted by atomic mass is 32.1. The second-order valence-corrected chi connectivity index (χ2v) is 9.22. The maximum atomic E-state index is 10.2. The van der Waals surface area contributed by atoms with Crippen LogP contribution in [-0.2, 0) is 9.47 Å². The molecule has 9 heteroatoms. The molecule has 0 bridgehead atoms. The van der Waals surface area contributed by atoms with Crippen molar-refractivity contribution in [2.45, 2.75) is 12.2 Å². The van der Waals surface area contributed by atoms with Crippen LogP contribution in [0.2, 0.25) is 0 Å². The van der Waals surface area contributed by atoms with E-state index >= 15 is 0 Å². The van der Waals surface area contributed by atoms with Crippen LogP contribution in [0.15, 0.2) is 86.0 Å². The number of nitrogens with zero attached hydrogens (tertiary/aromatic N) is 2. The van der Waals surface area contributed by atoms with Crippen LogP contribution in [0.3, 0.4) is 0 Å². The third kappa shape index (κ3) is 7.50. The van der Waals surface area contributed by atoms with Gasteiger partial charge < -0.3 is 29.2 Å². The van der Waals surface area contributed by atoms with E-state index in [1.54, 1.807) is 12.2 Å². The van der Waals surface area contributed by atoms with Gasteiger partial charge >= 0.3 is 0 Å². The van der Waals surface area contributed by atoms with Crippen molar-refractivity contribution in [3.8, 4) is 33.8 Å². The molecule has 2 N–H and O–H groups in total. The number of ether oxygens (including phenoxy) is 4. The molecule has 3 aromatic carbocycles. The Balaban J connectivity index is 1.58. The Hall–Kier alpha value is -3.60. The molecule has 0 spiro atoms. The number of aliphatic hydroxyl groups excluding tert-OH is 2. The van der Waals surface area contributed by atoms with Gasteiger partial charge in [0.25, 0.3) is 0 Å². The average Bonchev–Trinajstić information content (AvgIpc) is 3.46. The Morgan fingerprint density at radius 3 is 1.51 bits per heavy atom. The minimum atomic E-state index is -0.773. The third-order valence-corrected chi connectivity index (χ3v) is 6.25. The maximum Gasteiger partial charge on any atom is 0.127 e. The van der Waals surface area contributed by atoms with Crippen LogP contribution in [0.4, 0.5) is 0 Å². The average molecular weight is 549 g/mol. The van der Waals surface area contributed by atoms with Gasteiger partial charge in [-0.3, -0.25) is 0 Å². The van der Waals surface area contributed by atoms with Gasteiger partial charge in [0.05, 0.1) is 38.2 Å². The Bertz CT molecular complexity index is 1270. The number of aromatic nitrogens is 2. The summed E-state index contributed by atoms with van der Waals surface area (Å²) in [7, 11) is 0. The fourth-order valence-corrected chi connectivity index (χ4v) is 4.55. The molecule has 0 aliphatic rings. The fourth-order valence-electron chi connectivity index (χ4n) is 3.97. The molecule has 0 saturated heterocycles. The van der Waals surface area contributed by atoms with Gasteiger partial charge in [-0.15, -0.1) is 13.2 Å². The molecule has 2 atom stereocenters.